The van der Waals surface area contributed by atoms with Gasteiger partial charge < -0.3 is 4.57 Å². The SMILES string of the molecule is Cc1n[nH]c(=S)n1C1CCCCCC1C. The molecule has 2 atom stereocenters. The molecule has 2 rings (SSSR count). The molecule has 0 spiro atoms. The molecule has 2 unspecified atom stereocenters. The number of aromatic nitrogens is 3. The van der Waals surface area contributed by atoms with E-state index < -0.39 is 0 Å². The number of rotatable bonds is 1. The predicted octanol–water partition coefficient (Wildman–Crippen LogP) is 3.39. The average molecular weight is 225 g/mol. The van der Waals surface area contributed by atoms with E-state index in [1.807, 2.05) is 6.92 Å². The lowest BCUT2D eigenvalue weighted by Gasteiger charge is -2.23. The maximum absolute atomic E-state index is 5.30. The highest BCUT2D eigenvalue weighted by Gasteiger charge is 2.23. The van der Waals surface area contributed by atoms with Crippen LogP contribution >= 0.6 is 12.2 Å². The maximum atomic E-state index is 5.30. The molecule has 1 aliphatic rings. The summed E-state index contributed by atoms with van der Waals surface area (Å²) >= 11 is 5.30. The molecule has 1 N–H and O–H groups in total. The Bertz CT molecular complexity index is 379. The molecule has 0 aliphatic heterocycles. The Labute approximate surface area is 95.9 Å². The van der Waals surface area contributed by atoms with Crippen molar-refractivity contribution in [3.05, 3.63) is 10.6 Å². The van der Waals surface area contributed by atoms with Gasteiger partial charge in [-0.15, -0.1) is 0 Å². The molecule has 1 aromatic heterocycles. The monoisotopic (exact) mass is 225 g/mol. The van der Waals surface area contributed by atoms with Gasteiger partial charge in [-0.3, -0.25) is 5.10 Å². The molecule has 1 aromatic rings. The van der Waals surface area contributed by atoms with E-state index in [4.69, 9.17) is 12.2 Å². The summed E-state index contributed by atoms with van der Waals surface area (Å²) in [7, 11) is 0. The Morgan fingerprint density at radius 1 is 1.33 bits per heavy atom. The largest absolute Gasteiger partial charge is 0.301 e. The molecule has 0 aromatic carbocycles. The fourth-order valence-corrected chi connectivity index (χ4v) is 2.94. The van der Waals surface area contributed by atoms with Crippen molar-refractivity contribution in [2.24, 2.45) is 5.92 Å². The van der Waals surface area contributed by atoms with Crippen molar-refractivity contribution in [3.8, 4) is 0 Å². The summed E-state index contributed by atoms with van der Waals surface area (Å²) in [6, 6.07) is 0.554. The molecule has 4 heteroatoms. The lowest BCUT2D eigenvalue weighted by Crippen LogP contribution is -2.17. The zero-order valence-corrected chi connectivity index (χ0v) is 10.3. The van der Waals surface area contributed by atoms with Crippen LogP contribution in [0.3, 0.4) is 0 Å². The first kappa shape index (κ1) is 10.9. The van der Waals surface area contributed by atoms with Crippen molar-refractivity contribution < 1.29 is 0 Å². The normalized spacial score (nSPS) is 27.6. The Hall–Kier alpha value is -0.640. The van der Waals surface area contributed by atoms with Crippen LogP contribution in [-0.4, -0.2) is 14.8 Å². The highest BCUT2D eigenvalue weighted by atomic mass is 32.1. The minimum absolute atomic E-state index is 0.554. The van der Waals surface area contributed by atoms with Crippen LogP contribution in [0.25, 0.3) is 0 Å². The first-order valence-corrected chi connectivity index (χ1v) is 6.24. The van der Waals surface area contributed by atoms with E-state index in [9.17, 15) is 0 Å². The molecule has 1 saturated carbocycles. The lowest BCUT2D eigenvalue weighted by atomic mass is 9.97. The Kier molecular flexibility index (Phi) is 3.24. The molecule has 1 heterocycles. The second-order valence-electron chi connectivity index (χ2n) is 4.63. The average Bonchev–Trinajstić information content (AvgIpc) is 2.42. The molecular weight excluding hydrogens is 206 g/mol. The number of aromatic amines is 1. The van der Waals surface area contributed by atoms with E-state index in [0.29, 0.717) is 6.04 Å². The quantitative estimate of drug-likeness (QED) is 0.587. The Morgan fingerprint density at radius 3 is 2.73 bits per heavy atom. The van der Waals surface area contributed by atoms with Gasteiger partial charge in [-0.2, -0.15) is 5.10 Å². The van der Waals surface area contributed by atoms with E-state index in [2.05, 4.69) is 21.7 Å². The minimum Gasteiger partial charge on any atom is -0.301 e. The van der Waals surface area contributed by atoms with Crippen LogP contribution in [0, 0.1) is 17.6 Å². The van der Waals surface area contributed by atoms with Gasteiger partial charge in [0.1, 0.15) is 5.82 Å². The van der Waals surface area contributed by atoms with Gasteiger partial charge in [0.05, 0.1) is 0 Å². The van der Waals surface area contributed by atoms with Crippen LogP contribution in [0.5, 0.6) is 0 Å². The van der Waals surface area contributed by atoms with Crippen LogP contribution in [0.15, 0.2) is 0 Å². The fraction of sp³-hybridized carbons (Fsp3) is 0.818. The zero-order chi connectivity index (χ0) is 10.8. The van der Waals surface area contributed by atoms with Crippen molar-refractivity contribution in [3.63, 3.8) is 0 Å². The van der Waals surface area contributed by atoms with Crippen LogP contribution < -0.4 is 0 Å². The number of nitrogens with one attached hydrogen (secondary N) is 1. The first-order valence-electron chi connectivity index (χ1n) is 5.83. The molecule has 3 nitrogen and oxygen atoms in total. The van der Waals surface area contributed by atoms with Gasteiger partial charge in [-0.1, -0.05) is 26.2 Å². The van der Waals surface area contributed by atoms with E-state index in [0.717, 1.165) is 16.5 Å². The first-order chi connectivity index (χ1) is 7.20. The van der Waals surface area contributed by atoms with Crippen molar-refractivity contribution in [1.29, 1.82) is 0 Å². The Balaban J connectivity index is 2.31. The van der Waals surface area contributed by atoms with E-state index >= 15 is 0 Å². The highest BCUT2D eigenvalue weighted by molar-refractivity contribution is 7.71. The Morgan fingerprint density at radius 2 is 2.07 bits per heavy atom. The summed E-state index contributed by atoms with van der Waals surface area (Å²) in [6.45, 7) is 4.37. The van der Waals surface area contributed by atoms with Crippen LogP contribution in [0.1, 0.15) is 50.9 Å². The predicted molar refractivity (Wildman–Crippen MR) is 63.4 cm³/mol. The van der Waals surface area contributed by atoms with E-state index in [-0.39, 0.29) is 0 Å². The molecular formula is C11H19N3S. The smallest absolute Gasteiger partial charge is 0.195 e. The molecule has 15 heavy (non-hydrogen) atoms. The van der Waals surface area contributed by atoms with Crippen LogP contribution in [0.4, 0.5) is 0 Å². The topological polar surface area (TPSA) is 33.6 Å². The van der Waals surface area contributed by atoms with Gasteiger partial charge in [0.15, 0.2) is 4.77 Å². The molecule has 0 bridgehead atoms. The second-order valence-corrected chi connectivity index (χ2v) is 5.02. The number of hydrogen-bond donors (Lipinski definition) is 1. The standard InChI is InChI=1S/C11H19N3S/c1-8-6-4-3-5-7-10(8)14-9(2)12-13-11(14)15/h8,10H,3-7H2,1-2H3,(H,13,15). The van der Waals surface area contributed by atoms with Crippen molar-refractivity contribution in [1.82, 2.24) is 14.8 Å². The summed E-state index contributed by atoms with van der Waals surface area (Å²) < 4.78 is 3.00. The third-order valence-corrected chi connectivity index (χ3v) is 3.82. The van der Waals surface area contributed by atoms with Gasteiger partial charge in [-0.05, 0) is 37.9 Å². The summed E-state index contributed by atoms with van der Waals surface area (Å²) in [5, 5.41) is 7.09. The second kappa shape index (κ2) is 4.47. The molecule has 0 radical (unpaired) electrons. The van der Waals surface area contributed by atoms with Gasteiger partial charge in [0.25, 0.3) is 0 Å². The molecule has 84 valence electrons. The number of hydrogen-bond acceptors (Lipinski definition) is 2. The van der Waals surface area contributed by atoms with Gasteiger partial charge >= 0.3 is 0 Å². The van der Waals surface area contributed by atoms with Crippen molar-refractivity contribution >= 4 is 12.2 Å². The van der Waals surface area contributed by atoms with Gasteiger partial charge in [0, 0.05) is 6.04 Å². The summed E-state index contributed by atoms with van der Waals surface area (Å²) in [5.41, 5.74) is 0. The highest BCUT2D eigenvalue weighted by Crippen LogP contribution is 2.32. The van der Waals surface area contributed by atoms with Gasteiger partial charge in [0.2, 0.25) is 0 Å². The molecule has 1 fully saturated rings. The number of H-pyrrole nitrogens is 1. The zero-order valence-electron chi connectivity index (χ0n) is 9.49. The maximum Gasteiger partial charge on any atom is 0.195 e. The third-order valence-electron chi connectivity index (χ3n) is 3.53. The third kappa shape index (κ3) is 2.14. The molecule has 0 saturated heterocycles. The fourth-order valence-electron chi connectivity index (χ4n) is 2.63. The summed E-state index contributed by atoms with van der Waals surface area (Å²) in [4.78, 5) is 0. The van der Waals surface area contributed by atoms with E-state index in [1.165, 1.54) is 32.1 Å². The van der Waals surface area contributed by atoms with Gasteiger partial charge in [-0.25, -0.2) is 0 Å². The van der Waals surface area contributed by atoms with Crippen LogP contribution in [-0.2, 0) is 0 Å². The molecule has 0 amide bonds. The van der Waals surface area contributed by atoms with E-state index in [1.54, 1.807) is 0 Å². The minimum atomic E-state index is 0.554. The van der Waals surface area contributed by atoms with Crippen LogP contribution in [0.2, 0.25) is 0 Å². The van der Waals surface area contributed by atoms with Crippen molar-refractivity contribution in [2.75, 3.05) is 0 Å². The lowest BCUT2D eigenvalue weighted by molar-refractivity contribution is 0.325. The summed E-state index contributed by atoms with van der Waals surface area (Å²) in [6.07, 6.45) is 6.61. The summed E-state index contributed by atoms with van der Waals surface area (Å²) in [5.74, 6) is 1.74. The van der Waals surface area contributed by atoms with Crippen molar-refractivity contribution in [2.45, 2.75) is 52.0 Å². The molecule has 1 aliphatic carbocycles. The number of aryl methyl sites for hydroxylation is 1. The number of nitrogens with zero attached hydrogens (tertiary/aromatic N) is 2.